The highest BCUT2D eigenvalue weighted by Crippen LogP contribution is 2.18. The van der Waals surface area contributed by atoms with Crippen molar-refractivity contribution in [1.29, 1.82) is 0 Å². The molecule has 0 bridgehead atoms. The SMILES string of the molecule is Cl.Cl.O=C(NCc1ccccc1OCCN1CCOCC1)[C@H]1CCCCN1. The van der Waals surface area contributed by atoms with E-state index in [0.29, 0.717) is 13.2 Å². The molecule has 1 aromatic rings. The van der Waals surface area contributed by atoms with Gasteiger partial charge in [-0.3, -0.25) is 9.69 Å². The van der Waals surface area contributed by atoms with Crippen LogP contribution in [-0.2, 0) is 16.1 Å². The second-order valence-electron chi connectivity index (χ2n) is 6.63. The van der Waals surface area contributed by atoms with Crippen LogP contribution in [0.15, 0.2) is 24.3 Å². The van der Waals surface area contributed by atoms with E-state index in [4.69, 9.17) is 9.47 Å². The summed E-state index contributed by atoms with van der Waals surface area (Å²) in [5, 5.41) is 6.32. The third-order valence-corrected chi connectivity index (χ3v) is 4.82. The second kappa shape index (κ2) is 13.2. The number of carbonyl (C=O) groups is 1. The molecule has 8 heteroatoms. The molecule has 3 rings (SSSR count). The average molecular weight is 420 g/mol. The number of morpholine rings is 1. The van der Waals surface area contributed by atoms with Gasteiger partial charge in [0.05, 0.1) is 19.3 Å². The molecule has 2 aliphatic rings. The molecule has 1 amide bonds. The van der Waals surface area contributed by atoms with Crippen molar-refractivity contribution < 1.29 is 14.3 Å². The summed E-state index contributed by atoms with van der Waals surface area (Å²) in [6, 6.07) is 7.88. The number of piperidine rings is 1. The van der Waals surface area contributed by atoms with Gasteiger partial charge in [-0.05, 0) is 25.5 Å². The number of para-hydroxylation sites is 1. The van der Waals surface area contributed by atoms with Gasteiger partial charge in [-0.2, -0.15) is 0 Å². The van der Waals surface area contributed by atoms with Crippen molar-refractivity contribution in [3.05, 3.63) is 29.8 Å². The Balaban J connectivity index is 0.00000182. The van der Waals surface area contributed by atoms with Gasteiger partial charge in [0.1, 0.15) is 12.4 Å². The monoisotopic (exact) mass is 419 g/mol. The molecule has 0 aliphatic carbocycles. The lowest BCUT2D eigenvalue weighted by Gasteiger charge is -2.26. The summed E-state index contributed by atoms with van der Waals surface area (Å²) in [6.07, 6.45) is 3.19. The molecule has 27 heavy (non-hydrogen) atoms. The summed E-state index contributed by atoms with van der Waals surface area (Å²) in [7, 11) is 0. The molecule has 6 nitrogen and oxygen atoms in total. The minimum absolute atomic E-state index is 0. The standard InChI is InChI=1S/C19H29N3O3.2ClH/c23-19(17-6-3-4-8-20-17)21-15-16-5-1-2-7-18(16)25-14-11-22-9-12-24-13-10-22;;/h1-2,5,7,17,20H,3-4,6,8-15H2,(H,21,23);2*1H/t17-;;/m1../s1. The summed E-state index contributed by atoms with van der Waals surface area (Å²) in [6.45, 7) is 6.52. The van der Waals surface area contributed by atoms with E-state index in [9.17, 15) is 4.79 Å². The van der Waals surface area contributed by atoms with Crippen LogP contribution in [0.3, 0.4) is 0 Å². The molecule has 1 aromatic carbocycles. The van der Waals surface area contributed by atoms with Crippen LogP contribution in [0.2, 0.25) is 0 Å². The number of hydrogen-bond acceptors (Lipinski definition) is 5. The first-order chi connectivity index (χ1) is 12.3. The van der Waals surface area contributed by atoms with E-state index in [-0.39, 0.29) is 36.8 Å². The lowest BCUT2D eigenvalue weighted by Crippen LogP contribution is -2.46. The van der Waals surface area contributed by atoms with E-state index >= 15 is 0 Å². The van der Waals surface area contributed by atoms with Gasteiger partial charge >= 0.3 is 0 Å². The van der Waals surface area contributed by atoms with Crippen molar-refractivity contribution in [2.45, 2.75) is 31.8 Å². The van der Waals surface area contributed by atoms with Gasteiger partial charge < -0.3 is 20.1 Å². The van der Waals surface area contributed by atoms with Crippen molar-refractivity contribution in [3.8, 4) is 5.75 Å². The van der Waals surface area contributed by atoms with E-state index in [1.807, 2.05) is 24.3 Å². The number of benzene rings is 1. The van der Waals surface area contributed by atoms with Gasteiger partial charge in [0.2, 0.25) is 5.91 Å². The van der Waals surface area contributed by atoms with Crippen molar-refractivity contribution >= 4 is 30.7 Å². The van der Waals surface area contributed by atoms with Crippen LogP contribution in [0.5, 0.6) is 5.75 Å². The molecule has 2 heterocycles. The predicted molar refractivity (Wildman–Crippen MR) is 111 cm³/mol. The largest absolute Gasteiger partial charge is 0.492 e. The first kappa shape index (κ1) is 24.0. The van der Waals surface area contributed by atoms with Crippen LogP contribution >= 0.6 is 24.8 Å². The molecular formula is C19H31Cl2N3O3. The van der Waals surface area contributed by atoms with Crippen LogP contribution in [0, 0.1) is 0 Å². The lowest BCUT2D eigenvalue weighted by molar-refractivity contribution is -0.123. The van der Waals surface area contributed by atoms with Crippen molar-refractivity contribution in [2.24, 2.45) is 0 Å². The number of rotatable bonds is 7. The van der Waals surface area contributed by atoms with Crippen LogP contribution < -0.4 is 15.4 Å². The van der Waals surface area contributed by atoms with Gasteiger partial charge in [0, 0.05) is 31.7 Å². The zero-order chi connectivity index (χ0) is 17.3. The maximum absolute atomic E-state index is 12.3. The Hall–Kier alpha value is -1.05. The predicted octanol–water partition coefficient (Wildman–Crippen LogP) is 2.00. The number of nitrogens with zero attached hydrogens (tertiary/aromatic N) is 1. The fourth-order valence-electron chi connectivity index (χ4n) is 3.28. The molecule has 1 atom stereocenters. The Morgan fingerprint density at radius 1 is 1.22 bits per heavy atom. The topological polar surface area (TPSA) is 62.8 Å². The van der Waals surface area contributed by atoms with Gasteiger partial charge in [0.15, 0.2) is 0 Å². The quantitative estimate of drug-likeness (QED) is 0.707. The molecule has 0 spiro atoms. The number of nitrogens with one attached hydrogen (secondary N) is 2. The van der Waals surface area contributed by atoms with E-state index in [2.05, 4.69) is 15.5 Å². The summed E-state index contributed by atoms with van der Waals surface area (Å²) < 4.78 is 11.3. The van der Waals surface area contributed by atoms with Gasteiger partial charge in [-0.1, -0.05) is 24.6 Å². The minimum Gasteiger partial charge on any atom is -0.492 e. The highest BCUT2D eigenvalue weighted by atomic mass is 35.5. The van der Waals surface area contributed by atoms with Crippen molar-refractivity contribution in [1.82, 2.24) is 15.5 Å². The van der Waals surface area contributed by atoms with E-state index in [1.54, 1.807) is 0 Å². The van der Waals surface area contributed by atoms with Gasteiger partial charge in [-0.25, -0.2) is 0 Å². The summed E-state index contributed by atoms with van der Waals surface area (Å²) in [5.41, 5.74) is 1.02. The highest BCUT2D eigenvalue weighted by Gasteiger charge is 2.20. The summed E-state index contributed by atoms with van der Waals surface area (Å²) in [5.74, 6) is 0.940. The van der Waals surface area contributed by atoms with E-state index in [0.717, 1.165) is 70.0 Å². The van der Waals surface area contributed by atoms with Crippen molar-refractivity contribution in [2.75, 3.05) is 46.0 Å². The van der Waals surface area contributed by atoms with Crippen LogP contribution in [0.25, 0.3) is 0 Å². The number of amides is 1. The third-order valence-electron chi connectivity index (χ3n) is 4.82. The molecule has 2 N–H and O–H groups in total. The Morgan fingerprint density at radius 3 is 2.74 bits per heavy atom. The van der Waals surface area contributed by atoms with E-state index < -0.39 is 0 Å². The maximum atomic E-state index is 12.3. The molecule has 2 saturated heterocycles. The fraction of sp³-hybridized carbons (Fsp3) is 0.632. The summed E-state index contributed by atoms with van der Waals surface area (Å²) >= 11 is 0. The van der Waals surface area contributed by atoms with Crippen LogP contribution in [0.4, 0.5) is 0 Å². The molecule has 0 unspecified atom stereocenters. The molecule has 0 radical (unpaired) electrons. The Morgan fingerprint density at radius 2 is 2.00 bits per heavy atom. The summed E-state index contributed by atoms with van der Waals surface area (Å²) in [4.78, 5) is 14.6. The number of carbonyl (C=O) groups excluding carboxylic acids is 1. The smallest absolute Gasteiger partial charge is 0.237 e. The molecule has 2 fully saturated rings. The zero-order valence-corrected chi connectivity index (χ0v) is 17.3. The highest BCUT2D eigenvalue weighted by molar-refractivity contribution is 5.85. The van der Waals surface area contributed by atoms with Crippen molar-refractivity contribution in [3.63, 3.8) is 0 Å². The number of halogens is 2. The fourth-order valence-corrected chi connectivity index (χ4v) is 3.28. The normalized spacial score (nSPS) is 20.1. The first-order valence-electron chi connectivity index (χ1n) is 9.35. The maximum Gasteiger partial charge on any atom is 0.237 e. The van der Waals surface area contributed by atoms with Gasteiger partial charge in [-0.15, -0.1) is 24.8 Å². The minimum atomic E-state index is -0.0526. The lowest BCUT2D eigenvalue weighted by atomic mass is 10.0. The molecular weight excluding hydrogens is 389 g/mol. The Kier molecular flexibility index (Phi) is 11.7. The molecule has 2 aliphatic heterocycles. The molecule has 154 valence electrons. The second-order valence-corrected chi connectivity index (χ2v) is 6.63. The zero-order valence-electron chi connectivity index (χ0n) is 15.7. The third kappa shape index (κ3) is 7.84. The number of hydrogen-bond donors (Lipinski definition) is 2. The van der Waals surface area contributed by atoms with E-state index in [1.165, 1.54) is 0 Å². The van der Waals surface area contributed by atoms with Crippen LogP contribution in [0.1, 0.15) is 24.8 Å². The number of ether oxygens (including phenoxy) is 2. The van der Waals surface area contributed by atoms with Gasteiger partial charge in [0.25, 0.3) is 0 Å². The first-order valence-corrected chi connectivity index (χ1v) is 9.35. The Labute approximate surface area is 174 Å². The average Bonchev–Trinajstić information content (AvgIpc) is 2.68. The molecule has 0 saturated carbocycles. The van der Waals surface area contributed by atoms with Crippen LogP contribution in [-0.4, -0.2) is 62.8 Å². The molecule has 0 aromatic heterocycles. The Bertz CT molecular complexity index is 551.